The minimum absolute atomic E-state index is 0.409. The van der Waals surface area contributed by atoms with Crippen molar-refractivity contribution in [2.45, 2.75) is 13.3 Å². The van der Waals surface area contributed by atoms with Gasteiger partial charge in [-0.25, -0.2) is 14.5 Å². The van der Waals surface area contributed by atoms with Gasteiger partial charge in [0.05, 0.1) is 12.8 Å². The number of rotatable bonds is 4. The number of ether oxygens (including phenoxy) is 2. The van der Waals surface area contributed by atoms with Gasteiger partial charge in [0.25, 0.3) is 0 Å². The van der Waals surface area contributed by atoms with E-state index >= 15 is 0 Å². The van der Waals surface area contributed by atoms with Gasteiger partial charge < -0.3 is 14.6 Å². The summed E-state index contributed by atoms with van der Waals surface area (Å²) in [6, 6.07) is 7.13. The summed E-state index contributed by atoms with van der Waals surface area (Å²) in [7, 11) is 1.22. The average Bonchev–Trinajstić information content (AvgIpc) is 2.39. The molecule has 98 valence electrons. The van der Waals surface area contributed by atoms with Gasteiger partial charge in [-0.2, -0.15) is 0 Å². The van der Waals surface area contributed by atoms with Crippen molar-refractivity contribution in [1.29, 1.82) is 0 Å². The number of carboxylic acid groups (broad SMARTS) is 1. The Bertz CT molecular complexity index is 415. The predicted octanol–water partition coefficient (Wildman–Crippen LogP) is 2.47. The van der Waals surface area contributed by atoms with Gasteiger partial charge in [-0.05, 0) is 24.1 Å². The zero-order valence-electron chi connectivity index (χ0n) is 10.3. The molecule has 0 aliphatic rings. The molecule has 0 radical (unpaired) electrons. The second-order valence-electron chi connectivity index (χ2n) is 3.46. The fourth-order valence-corrected chi connectivity index (χ4v) is 1.37. The molecule has 0 aliphatic heterocycles. The van der Waals surface area contributed by atoms with Gasteiger partial charge in [0.1, 0.15) is 0 Å². The van der Waals surface area contributed by atoms with Crippen molar-refractivity contribution in [2.24, 2.45) is 0 Å². The minimum Gasteiger partial charge on any atom is -0.452 e. The zero-order chi connectivity index (χ0) is 13.5. The summed E-state index contributed by atoms with van der Waals surface area (Å²) >= 11 is 0. The highest BCUT2D eigenvalue weighted by Gasteiger charge is 2.17. The predicted molar refractivity (Wildman–Crippen MR) is 64.7 cm³/mol. The maximum absolute atomic E-state index is 11.5. The van der Waals surface area contributed by atoms with Crippen LogP contribution in [0, 0.1) is 0 Å². The third kappa shape index (κ3) is 3.65. The van der Waals surface area contributed by atoms with Gasteiger partial charge in [-0.15, -0.1) is 0 Å². The van der Waals surface area contributed by atoms with E-state index in [4.69, 9.17) is 5.11 Å². The third-order valence-electron chi connectivity index (χ3n) is 2.37. The fraction of sp³-hybridized carbons (Fsp3) is 0.333. The van der Waals surface area contributed by atoms with Crippen LogP contribution in [0.3, 0.4) is 0 Å². The molecule has 1 rings (SSSR count). The number of carbonyl (C=O) groups is 2. The van der Waals surface area contributed by atoms with Crippen molar-refractivity contribution in [3.63, 3.8) is 0 Å². The van der Waals surface area contributed by atoms with Gasteiger partial charge in [0.2, 0.25) is 0 Å². The molecule has 1 aromatic carbocycles. The highest BCUT2D eigenvalue weighted by Crippen LogP contribution is 2.16. The molecular weight excluding hydrogens is 238 g/mol. The topological polar surface area (TPSA) is 76.1 Å². The van der Waals surface area contributed by atoms with Crippen LogP contribution in [-0.4, -0.2) is 31.2 Å². The number of aryl methyl sites for hydroxylation is 1. The molecule has 0 unspecified atom stereocenters. The van der Waals surface area contributed by atoms with Crippen LogP contribution in [0.2, 0.25) is 0 Å². The Morgan fingerprint density at radius 3 is 2.33 bits per heavy atom. The molecule has 6 heteroatoms. The van der Waals surface area contributed by atoms with Crippen LogP contribution in [0.4, 0.5) is 15.3 Å². The normalized spacial score (nSPS) is 9.67. The molecule has 0 saturated heterocycles. The number of amides is 1. The Hall–Kier alpha value is -2.24. The van der Waals surface area contributed by atoms with Gasteiger partial charge >= 0.3 is 12.2 Å². The number of hydrogen-bond acceptors (Lipinski definition) is 4. The van der Waals surface area contributed by atoms with Gasteiger partial charge in [-0.1, -0.05) is 19.1 Å². The molecule has 0 spiro atoms. The number of carbonyl (C=O) groups excluding carboxylic acids is 1. The molecule has 18 heavy (non-hydrogen) atoms. The summed E-state index contributed by atoms with van der Waals surface area (Å²) < 4.78 is 8.95. The van der Waals surface area contributed by atoms with E-state index < -0.39 is 19.0 Å². The Morgan fingerprint density at radius 1 is 1.28 bits per heavy atom. The summed E-state index contributed by atoms with van der Waals surface area (Å²) in [6.45, 7) is 1.61. The summed E-state index contributed by atoms with van der Waals surface area (Å²) in [4.78, 5) is 22.9. The first-order chi connectivity index (χ1) is 8.58. The van der Waals surface area contributed by atoms with E-state index in [2.05, 4.69) is 9.47 Å². The monoisotopic (exact) mass is 253 g/mol. The van der Waals surface area contributed by atoms with Crippen LogP contribution in [0.15, 0.2) is 24.3 Å². The lowest BCUT2D eigenvalue weighted by Gasteiger charge is -2.20. The van der Waals surface area contributed by atoms with Gasteiger partial charge in [0.15, 0.2) is 6.73 Å². The number of hydrogen-bond donors (Lipinski definition) is 1. The number of nitrogens with zero attached hydrogens (tertiary/aromatic N) is 1. The summed E-state index contributed by atoms with van der Waals surface area (Å²) in [5, 5.41) is 8.44. The zero-order valence-corrected chi connectivity index (χ0v) is 10.3. The van der Waals surface area contributed by atoms with E-state index in [1.54, 1.807) is 12.1 Å². The maximum atomic E-state index is 11.5. The van der Waals surface area contributed by atoms with E-state index in [-0.39, 0.29) is 0 Å². The molecule has 0 aliphatic carbocycles. The van der Waals surface area contributed by atoms with Crippen molar-refractivity contribution in [3.8, 4) is 0 Å². The van der Waals surface area contributed by atoms with Crippen molar-refractivity contribution in [3.05, 3.63) is 29.8 Å². The molecule has 0 saturated carbocycles. The SMILES string of the molecule is CCc1ccc(N(COC(=O)O)C(=O)OC)cc1. The van der Waals surface area contributed by atoms with Crippen LogP contribution < -0.4 is 4.90 Å². The standard InChI is InChI=1S/C12H15NO5/c1-3-9-4-6-10(7-5-9)13(11(14)17-2)8-18-12(15)16/h4-7H,3,8H2,1-2H3,(H,15,16). The van der Waals surface area contributed by atoms with Crippen LogP contribution >= 0.6 is 0 Å². The van der Waals surface area contributed by atoms with E-state index in [0.29, 0.717) is 5.69 Å². The number of anilines is 1. The molecule has 6 nitrogen and oxygen atoms in total. The molecule has 1 amide bonds. The largest absolute Gasteiger partial charge is 0.507 e. The Balaban J connectivity index is 2.86. The molecule has 1 aromatic rings. The maximum Gasteiger partial charge on any atom is 0.507 e. The second-order valence-corrected chi connectivity index (χ2v) is 3.46. The number of benzene rings is 1. The van der Waals surface area contributed by atoms with Crippen molar-refractivity contribution >= 4 is 17.9 Å². The van der Waals surface area contributed by atoms with Gasteiger partial charge in [0, 0.05) is 0 Å². The summed E-state index contributed by atoms with van der Waals surface area (Å²) in [6.07, 6.45) is -1.25. The molecular formula is C12H15NO5. The Kier molecular flexibility index (Phi) is 4.98. The lowest BCUT2D eigenvalue weighted by molar-refractivity contribution is 0.0896. The lowest BCUT2D eigenvalue weighted by atomic mass is 10.1. The van der Waals surface area contributed by atoms with Crippen LogP contribution in [0.1, 0.15) is 12.5 Å². The lowest BCUT2D eigenvalue weighted by Crippen LogP contribution is -2.33. The first-order valence-electron chi connectivity index (χ1n) is 5.38. The molecule has 0 heterocycles. The first-order valence-corrected chi connectivity index (χ1v) is 5.38. The quantitative estimate of drug-likeness (QED) is 0.659. The highest BCUT2D eigenvalue weighted by molar-refractivity contribution is 5.87. The Labute approximate surface area is 105 Å². The third-order valence-corrected chi connectivity index (χ3v) is 2.37. The van der Waals surface area contributed by atoms with Gasteiger partial charge in [-0.3, -0.25) is 0 Å². The first kappa shape index (κ1) is 13.8. The van der Waals surface area contributed by atoms with Crippen molar-refractivity contribution < 1.29 is 24.2 Å². The number of methoxy groups -OCH3 is 1. The molecule has 0 aromatic heterocycles. The summed E-state index contributed by atoms with van der Waals surface area (Å²) in [5.41, 5.74) is 1.63. The van der Waals surface area contributed by atoms with Crippen LogP contribution in [0.25, 0.3) is 0 Å². The Morgan fingerprint density at radius 2 is 1.89 bits per heavy atom. The van der Waals surface area contributed by atoms with E-state index in [9.17, 15) is 9.59 Å². The van der Waals surface area contributed by atoms with Crippen molar-refractivity contribution in [1.82, 2.24) is 0 Å². The fourth-order valence-electron chi connectivity index (χ4n) is 1.37. The van der Waals surface area contributed by atoms with E-state index in [1.807, 2.05) is 19.1 Å². The molecule has 0 fully saturated rings. The van der Waals surface area contributed by atoms with Crippen LogP contribution in [0.5, 0.6) is 0 Å². The van der Waals surface area contributed by atoms with Crippen molar-refractivity contribution in [2.75, 3.05) is 18.7 Å². The molecule has 0 bridgehead atoms. The van der Waals surface area contributed by atoms with Crippen LogP contribution in [-0.2, 0) is 15.9 Å². The molecule has 0 atom stereocenters. The highest BCUT2D eigenvalue weighted by atomic mass is 16.7. The molecule has 1 N–H and O–H groups in total. The minimum atomic E-state index is -1.45. The average molecular weight is 253 g/mol. The summed E-state index contributed by atoms with van der Waals surface area (Å²) in [5.74, 6) is 0. The van der Waals surface area contributed by atoms with E-state index in [1.165, 1.54) is 7.11 Å². The van der Waals surface area contributed by atoms with E-state index in [0.717, 1.165) is 16.9 Å². The smallest absolute Gasteiger partial charge is 0.452 e. The second kappa shape index (κ2) is 6.48.